The van der Waals surface area contributed by atoms with Gasteiger partial charge < -0.3 is 20.4 Å². The minimum atomic E-state index is -1.87. The molecule has 1 aromatic rings. The van der Waals surface area contributed by atoms with Gasteiger partial charge in [0.1, 0.15) is 5.75 Å². The van der Waals surface area contributed by atoms with Crippen molar-refractivity contribution in [1.82, 2.24) is 4.98 Å². The zero-order valence-electron chi connectivity index (χ0n) is 11.6. The van der Waals surface area contributed by atoms with E-state index in [4.69, 9.17) is 10.2 Å². The van der Waals surface area contributed by atoms with Gasteiger partial charge in [0.05, 0.1) is 18.7 Å². The maximum Gasteiger partial charge on any atom is 0.331 e. The first kappa shape index (κ1) is 16.6. The van der Waals surface area contributed by atoms with Crippen molar-refractivity contribution < 1.29 is 30.0 Å². The lowest BCUT2D eigenvalue weighted by Gasteiger charge is -2.17. The van der Waals surface area contributed by atoms with Gasteiger partial charge in [0.15, 0.2) is 5.54 Å². The molecule has 0 amide bonds. The van der Waals surface area contributed by atoms with Gasteiger partial charge >= 0.3 is 11.9 Å². The molecule has 114 valence electrons. The first-order valence-corrected chi connectivity index (χ1v) is 6.00. The summed E-state index contributed by atoms with van der Waals surface area (Å²) in [6.07, 6.45) is 1.66. The largest absolute Gasteiger partial charge is 0.505 e. The SMILES string of the molecule is Cc1ncc(CO)c(C=NC(C)(CC(=O)O)C(=O)O)c1O. The summed E-state index contributed by atoms with van der Waals surface area (Å²) in [5.41, 5.74) is -1.22. The van der Waals surface area contributed by atoms with Crippen molar-refractivity contribution in [2.75, 3.05) is 0 Å². The second-order valence-electron chi connectivity index (χ2n) is 4.70. The summed E-state index contributed by atoms with van der Waals surface area (Å²) in [7, 11) is 0. The molecule has 8 heteroatoms. The lowest BCUT2D eigenvalue weighted by atomic mass is 9.99. The smallest absolute Gasteiger partial charge is 0.331 e. The third-order valence-corrected chi connectivity index (χ3v) is 2.96. The van der Waals surface area contributed by atoms with Gasteiger partial charge in [-0.05, 0) is 13.8 Å². The number of carboxylic acids is 2. The van der Waals surface area contributed by atoms with Crippen LogP contribution in [-0.4, -0.2) is 49.1 Å². The van der Waals surface area contributed by atoms with Crippen LogP contribution < -0.4 is 0 Å². The van der Waals surface area contributed by atoms with Gasteiger partial charge in [-0.1, -0.05) is 0 Å². The second kappa shape index (κ2) is 6.31. The molecule has 0 radical (unpaired) electrons. The molecular formula is C13H16N2O6. The normalized spacial score (nSPS) is 14.0. The molecule has 0 saturated heterocycles. The molecular weight excluding hydrogens is 280 g/mol. The van der Waals surface area contributed by atoms with Crippen LogP contribution in [0.4, 0.5) is 0 Å². The Balaban J connectivity index is 3.27. The molecule has 1 unspecified atom stereocenters. The van der Waals surface area contributed by atoms with Crippen LogP contribution in [-0.2, 0) is 16.2 Å². The summed E-state index contributed by atoms with van der Waals surface area (Å²) in [5.74, 6) is -2.96. The van der Waals surface area contributed by atoms with E-state index in [0.29, 0.717) is 0 Å². The van der Waals surface area contributed by atoms with Gasteiger partial charge in [-0.25, -0.2) is 4.79 Å². The molecule has 8 nitrogen and oxygen atoms in total. The summed E-state index contributed by atoms with van der Waals surface area (Å²) < 4.78 is 0. The predicted octanol–water partition coefficient (Wildman–Crippen LogP) is 0.325. The van der Waals surface area contributed by atoms with Crippen molar-refractivity contribution in [3.8, 4) is 5.75 Å². The number of hydrogen-bond donors (Lipinski definition) is 4. The highest BCUT2D eigenvalue weighted by Gasteiger charge is 2.35. The zero-order valence-corrected chi connectivity index (χ0v) is 11.6. The Morgan fingerprint density at radius 1 is 1.43 bits per heavy atom. The van der Waals surface area contributed by atoms with Crippen molar-refractivity contribution in [3.63, 3.8) is 0 Å². The highest BCUT2D eigenvalue weighted by atomic mass is 16.4. The summed E-state index contributed by atoms with van der Waals surface area (Å²) in [4.78, 5) is 29.5. The van der Waals surface area contributed by atoms with Crippen LogP contribution in [0.15, 0.2) is 11.2 Å². The highest BCUT2D eigenvalue weighted by Crippen LogP contribution is 2.24. The Labute approximate surface area is 120 Å². The molecule has 0 fully saturated rings. The first-order valence-electron chi connectivity index (χ1n) is 6.00. The van der Waals surface area contributed by atoms with E-state index in [-0.39, 0.29) is 22.6 Å². The van der Waals surface area contributed by atoms with E-state index in [9.17, 15) is 19.8 Å². The third kappa shape index (κ3) is 3.76. The maximum atomic E-state index is 11.2. The van der Waals surface area contributed by atoms with Crippen LogP contribution in [0.1, 0.15) is 30.2 Å². The number of carboxylic acid groups (broad SMARTS) is 2. The Morgan fingerprint density at radius 3 is 2.52 bits per heavy atom. The van der Waals surface area contributed by atoms with Gasteiger partial charge in [0, 0.05) is 23.5 Å². The number of aliphatic hydroxyl groups is 1. The standard InChI is InChI=1S/C13H16N2O6/c1-7-11(19)9(8(6-16)4-14-7)5-15-13(2,12(20)21)3-10(17)18/h4-5,16,19H,3,6H2,1-2H3,(H,17,18)(H,20,21). The molecule has 0 bridgehead atoms. The first-order chi connectivity index (χ1) is 9.71. The highest BCUT2D eigenvalue weighted by molar-refractivity contribution is 5.91. The summed E-state index contributed by atoms with van der Waals surface area (Å²) >= 11 is 0. The lowest BCUT2D eigenvalue weighted by Crippen LogP contribution is -2.35. The lowest BCUT2D eigenvalue weighted by molar-refractivity contribution is -0.148. The molecule has 0 aliphatic carbocycles. The number of carbonyl (C=O) groups is 2. The number of aliphatic carboxylic acids is 2. The Morgan fingerprint density at radius 2 is 2.05 bits per heavy atom. The van der Waals surface area contributed by atoms with E-state index in [1.165, 1.54) is 13.1 Å². The number of hydrogen-bond acceptors (Lipinski definition) is 6. The zero-order chi connectivity index (χ0) is 16.2. The average molecular weight is 296 g/mol. The van der Waals surface area contributed by atoms with Crippen LogP contribution in [0, 0.1) is 6.92 Å². The molecule has 4 N–H and O–H groups in total. The predicted molar refractivity (Wildman–Crippen MR) is 72.4 cm³/mol. The van der Waals surface area contributed by atoms with Crippen molar-refractivity contribution in [2.45, 2.75) is 32.4 Å². The second-order valence-corrected chi connectivity index (χ2v) is 4.70. The van der Waals surface area contributed by atoms with Gasteiger partial charge in [-0.15, -0.1) is 0 Å². The number of aliphatic imine (C=N–C) groups is 1. The number of pyridine rings is 1. The summed E-state index contributed by atoms with van der Waals surface area (Å²) in [5, 5.41) is 37.0. The van der Waals surface area contributed by atoms with Crippen LogP contribution in [0.25, 0.3) is 0 Å². The number of aryl methyl sites for hydroxylation is 1. The van der Waals surface area contributed by atoms with Crippen LogP contribution in [0.2, 0.25) is 0 Å². The fourth-order valence-corrected chi connectivity index (χ4v) is 1.60. The van der Waals surface area contributed by atoms with Crippen molar-refractivity contribution in [3.05, 3.63) is 23.0 Å². The van der Waals surface area contributed by atoms with Gasteiger partial charge in [0.25, 0.3) is 0 Å². The van der Waals surface area contributed by atoms with Crippen LogP contribution in [0.3, 0.4) is 0 Å². The van der Waals surface area contributed by atoms with E-state index >= 15 is 0 Å². The van der Waals surface area contributed by atoms with E-state index in [1.807, 2.05) is 0 Å². The monoisotopic (exact) mass is 296 g/mol. The molecule has 0 aliphatic rings. The number of rotatable bonds is 6. The molecule has 1 rings (SSSR count). The number of aromatic nitrogens is 1. The number of aromatic hydroxyl groups is 1. The molecule has 1 heterocycles. The summed E-state index contributed by atoms with van der Waals surface area (Å²) in [6, 6.07) is 0. The minimum Gasteiger partial charge on any atom is -0.505 e. The summed E-state index contributed by atoms with van der Waals surface area (Å²) in [6.45, 7) is 2.26. The van der Waals surface area contributed by atoms with Crippen LogP contribution >= 0.6 is 0 Å². The van der Waals surface area contributed by atoms with E-state index in [2.05, 4.69) is 9.98 Å². The molecule has 0 saturated carbocycles. The van der Waals surface area contributed by atoms with Gasteiger partial charge in [-0.3, -0.25) is 14.8 Å². The quantitative estimate of drug-likeness (QED) is 0.554. The maximum absolute atomic E-state index is 11.2. The number of nitrogens with zero attached hydrogens (tertiary/aromatic N) is 2. The molecule has 0 aromatic carbocycles. The van der Waals surface area contributed by atoms with Crippen LogP contribution in [0.5, 0.6) is 5.75 Å². The Hall–Kier alpha value is -2.48. The van der Waals surface area contributed by atoms with Gasteiger partial charge in [0.2, 0.25) is 0 Å². The van der Waals surface area contributed by atoms with Crippen molar-refractivity contribution in [2.24, 2.45) is 4.99 Å². The molecule has 0 aliphatic heterocycles. The van der Waals surface area contributed by atoms with E-state index in [1.54, 1.807) is 0 Å². The molecule has 1 atom stereocenters. The molecule has 21 heavy (non-hydrogen) atoms. The Bertz CT molecular complexity index is 599. The molecule has 0 spiro atoms. The molecule has 1 aromatic heterocycles. The van der Waals surface area contributed by atoms with Crippen molar-refractivity contribution in [1.29, 1.82) is 0 Å². The Kier molecular flexibility index (Phi) is 4.98. The number of aliphatic hydroxyl groups excluding tert-OH is 1. The average Bonchev–Trinajstić information content (AvgIpc) is 2.39. The van der Waals surface area contributed by atoms with E-state index in [0.717, 1.165) is 13.1 Å². The fourth-order valence-electron chi connectivity index (χ4n) is 1.60. The fraction of sp³-hybridized carbons (Fsp3) is 0.385. The topological polar surface area (TPSA) is 140 Å². The van der Waals surface area contributed by atoms with Crippen molar-refractivity contribution >= 4 is 18.2 Å². The van der Waals surface area contributed by atoms with Gasteiger partial charge in [-0.2, -0.15) is 0 Å². The van der Waals surface area contributed by atoms with E-state index < -0.39 is 30.5 Å². The minimum absolute atomic E-state index is 0.114. The third-order valence-electron chi connectivity index (χ3n) is 2.96.